The molecule has 0 atom stereocenters. The summed E-state index contributed by atoms with van der Waals surface area (Å²) in [5.41, 5.74) is 1.17. The average molecular weight is 288 g/mol. The van der Waals surface area contributed by atoms with Crippen molar-refractivity contribution in [3.05, 3.63) is 62.3 Å². The van der Waals surface area contributed by atoms with Gasteiger partial charge >= 0.3 is 0 Å². The monoisotopic (exact) mass is 288 g/mol. The Hall–Kier alpha value is -2.47. The number of non-ortho nitro benzene ring substituents is 1. The number of nitrogens with one attached hydrogen (secondary N) is 1. The van der Waals surface area contributed by atoms with Crippen LogP contribution in [0.1, 0.15) is 10.4 Å². The maximum atomic E-state index is 11.8. The molecule has 1 heterocycles. The number of nitrogens with zero attached hydrogens (tertiary/aromatic N) is 1. The van der Waals surface area contributed by atoms with E-state index in [4.69, 9.17) is 0 Å². The van der Waals surface area contributed by atoms with Crippen LogP contribution in [0.15, 0.2) is 41.8 Å². The first kappa shape index (κ1) is 14.0. The van der Waals surface area contributed by atoms with Crippen LogP contribution in [0.3, 0.4) is 0 Å². The lowest BCUT2D eigenvalue weighted by atomic mass is 10.2. The zero-order chi connectivity index (χ0) is 14.5. The first-order chi connectivity index (χ1) is 9.56. The zero-order valence-corrected chi connectivity index (χ0v) is 11.5. The number of rotatable bonds is 4. The van der Waals surface area contributed by atoms with E-state index >= 15 is 0 Å². The van der Waals surface area contributed by atoms with Gasteiger partial charge in [0, 0.05) is 23.1 Å². The molecule has 0 aliphatic rings. The highest BCUT2D eigenvalue weighted by molar-refractivity contribution is 7.10. The molecule has 0 fully saturated rings. The number of carbonyl (C=O) groups excluding carboxylic acids is 1. The molecule has 0 bridgehead atoms. The lowest BCUT2D eigenvalue weighted by Gasteiger charge is -2.05. The minimum absolute atomic E-state index is 0.0480. The number of nitro groups is 1. The Bertz CT molecular complexity index is 663. The van der Waals surface area contributed by atoms with Gasteiger partial charge in [-0.15, -0.1) is 11.3 Å². The maximum absolute atomic E-state index is 11.8. The van der Waals surface area contributed by atoms with E-state index in [1.165, 1.54) is 29.5 Å². The average Bonchev–Trinajstić information content (AvgIpc) is 2.92. The minimum Gasteiger partial charge on any atom is -0.322 e. The van der Waals surface area contributed by atoms with Crippen LogP contribution in [0.4, 0.5) is 11.4 Å². The van der Waals surface area contributed by atoms with Crippen LogP contribution in [0.5, 0.6) is 0 Å². The second-order valence-electron chi connectivity index (χ2n) is 4.09. The second-order valence-corrected chi connectivity index (χ2v) is 5.07. The normalized spacial score (nSPS) is 10.7. The van der Waals surface area contributed by atoms with Gasteiger partial charge in [-0.05, 0) is 30.0 Å². The van der Waals surface area contributed by atoms with Crippen molar-refractivity contribution >= 4 is 34.7 Å². The van der Waals surface area contributed by atoms with Crippen LogP contribution >= 0.6 is 11.3 Å². The number of benzene rings is 1. The third-order valence-corrected chi connectivity index (χ3v) is 3.47. The van der Waals surface area contributed by atoms with E-state index in [0.717, 1.165) is 10.4 Å². The molecule has 1 amide bonds. The summed E-state index contributed by atoms with van der Waals surface area (Å²) in [4.78, 5) is 23.0. The number of amides is 1. The van der Waals surface area contributed by atoms with Crippen molar-refractivity contribution in [2.45, 2.75) is 6.92 Å². The summed E-state index contributed by atoms with van der Waals surface area (Å²) in [6.45, 7) is 1.78. The Morgan fingerprint density at radius 1 is 1.40 bits per heavy atom. The standard InChI is InChI=1S/C14H12N2O3S/c1-10-4-5-11(16(18)19)9-13(10)15-14(17)7-6-12-3-2-8-20-12/h2-9H,1H3,(H,15,17)/b7-6+. The molecule has 1 N–H and O–H groups in total. The summed E-state index contributed by atoms with van der Waals surface area (Å²) < 4.78 is 0. The third kappa shape index (κ3) is 3.52. The Balaban J connectivity index is 2.11. The molecule has 1 aromatic carbocycles. The van der Waals surface area contributed by atoms with Gasteiger partial charge in [0.15, 0.2) is 0 Å². The number of thiophene rings is 1. The molecule has 102 valence electrons. The van der Waals surface area contributed by atoms with Crippen LogP contribution in [0.25, 0.3) is 6.08 Å². The van der Waals surface area contributed by atoms with Crippen molar-refractivity contribution in [1.82, 2.24) is 0 Å². The van der Waals surface area contributed by atoms with Gasteiger partial charge in [0.25, 0.3) is 5.69 Å². The minimum atomic E-state index is -0.489. The van der Waals surface area contributed by atoms with Gasteiger partial charge in [-0.3, -0.25) is 14.9 Å². The highest BCUT2D eigenvalue weighted by Gasteiger charge is 2.09. The van der Waals surface area contributed by atoms with Crippen molar-refractivity contribution in [2.75, 3.05) is 5.32 Å². The number of carbonyl (C=O) groups is 1. The van der Waals surface area contributed by atoms with E-state index in [0.29, 0.717) is 5.69 Å². The fourth-order valence-electron chi connectivity index (χ4n) is 1.58. The summed E-state index contributed by atoms with van der Waals surface area (Å²) in [6, 6.07) is 8.16. The predicted molar refractivity (Wildman–Crippen MR) is 79.8 cm³/mol. The number of anilines is 1. The van der Waals surface area contributed by atoms with Crippen LogP contribution in [-0.4, -0.2) is 10.8 Å². The van der Waals surface area contributed by atoms with Gasteiger partial charge in [0.2, 0.25) is 5.91 Å². The third-order valence-electron chi connectivity index (χ3n) is 2.63. The SMILES string of the molecule is Cc1ccc([N+](=O)[O-])cc1NC(=O)/C=C/c1cccs1. The number of nitro benzene ring substituents is 1. The fourth-order valence-corrected chi connectivity index (χ4v) is 2.19. The summed E-state index contributed by atoms with van der Waals surface area (Å²) in [6.07, 6.45) is 3.11. The van der Waals surface area contributed by atoms with Gasteiger partial charge in [0.05, 0.1) is 10.6 Å². The van der Waals surface area contributed by atoms with Crippen molar-refractivity contribution in [3.8, 4) is 0 Å². The van der Waals surface area contributed by atoms with Crippen molar-refractivity contribution in [1.29, 1.82) is 0 Å². The lowest BCUT2D eigenvalue weighted by molar-refractivity contribution is -0.384. The molecule has 0 saturated carbocycles. The first-order valence-electron chi connectivity index (χ1n) is 5.84. The molecule has 0 saturated heterocycles. The highest BCUT2D eigenvalue weighted by Crippen LogP contribution is 2.21. The maximum Gasteiger partial charge on any atom is 0.271 e. The van der Waals surface area contributed by atoms with E-state index in [2.05, 4.69) is 5.32 Å². The van der Waals surface area contributed by atoms with Crippen LogP contribution in [0.2, 0.25) is 0 Å². The smallest absolute Gasteiger partial charge is 0.271 e. The summed E-state index contributed by atoms with van der Waals surface area (Å²) in [5.74, 6) is -0.318. The Kier molecular flexibility index (Phi) is 4.27. The summed E-state index contributed by atoms with van der Waals surface area (Å²) in [7, 11) is 0. The number of hydrogen-bond donors (Lipinski definition) is 1. The number of hydrogen-bond acceptors (Lipinski definition) is 4. The Labute approximate surface area is 119 Å². The number of aryl methyl sites for hydroxylation is 1. The van der Waals surface area contributed by atoms with E-state index < -0.39 is 4.92 Å². The molecular weight excluding hydrogens is 276 g/mol. The molecule has 5 nitrogen and oxygen atoms in total. The molecule has 2 rings (SSSR count). The van der Waals surface area contributed by atoms with Crippen LogP contribution in [0, 0.1) is 17.0 Å². The lowest BCUT2D eigenvalue weighted by Crippen LogP contribution is -2.09. The van der Waals surface area contributed by atoms with Crippen LogP contribution < -0.4 is 5.32 Å². The molecule has 0 spiro atoms. The Morgan fingerprint density at radius 2 is 2.20 bits per heavy atom. The fraction of sp³-hybridized carbons (Fsp3) is 0.0714. The molecule has 1 aromatic heterocycles. The van der Waals surface area contributed by atoms with Gasteiger partial charge in [-0.2, -0.15) is 0 Å². The van der Waals surface area contributed by atoms with Gasteiger partial charge in [-0.25, -0.2) is 0 Å². The molecule has 6 heteroatoms. The molecule has 0 aliphatic heterocycles. The molecule has 2 aromatic rings. The van der Waals surface area contributed by atoms with E-state index in [1.54, 1.807) is 19.1 Å². The second kappa shape index (κ2) is 6.12. The summed E-state index contributed by atoms with van der Waals surface area (Å²) in [5, 5.41) is 15.3. The van der Waals surface area contributed by atoms with Crippen molar-refractivity contribution in [3.63, 3.8) is 0 Å². The molecule has 0 aliphatic carbocycles. The Morgan fingerprint density at radius 3 is 2.85 bits per heavy atom. The van der Waals surface area contributed by atoms with E-state index in [-0.39, 0.29) is 11.6 Å². The van der Waals surface area contributed by atoms with Crippen LogP contribution in [-0.2, 0) is 4.79 Å². The van der Waals surface area contributed by atoms with Gasteiger partial charge in [0.1, 0.15) is 0 Å². The highest BCUT2D eigenvalue weighted by atomic mass is 32.1. The molecule has 0 radical (unpaired) electrons. The first-order valence-corrected chi connectivity index (χ1v) is 6.72. The molecular formula is C14H12N2O3S. The topological polar surface area (TPSA) is 72.2 Å². The van der Waals surface area contributed by atoms with Gasteiger partial charge < -0.3 is 5.32 Å². The van der Waals surface area contributed by atoms with Crippen molar-refractivity contribution < 1.29 is 9.72 Å². The zero-order valence-electron chi connectivity index (χ0n) is 10.7. The summed E-state index contributed by atoms with van der Waals surface area (Å²) >= 11 is 1.52. The van der Waals surface area contributed by atoms with Gasteiger partial charge in [-0.1, -0.05) is 12.1 Å². The van der Waals surface area contributed by atoms with Crippen molar-refractivity contribution in [2.24, 2.45) is 0 Å². The molecule has 20 heavy (non-hydrogen) atoms. The van der Waals surface area contributed by atoms with E-state index in [9.17, 15) is 14.9 Å². The molecule has 0 unspecified atom stereocenters. The van der Waals surface area contributed by atoms with E-state index in [1.807, 2.05) is 17.5 Å². The largest absolute Gasteiger partial charge is 0.322 e. The predicted octanol–water partition coefficient (Wildman–Crippen LogP) is 3.62. The quantitative estimate of drug-likeness (QED) is 0.530.